The quantitative estimate of drug-likeness (QED) is 0.804. The predicted molar refractivity (Wildman–Crippen MR) is 87.0 cm³/mol. The van der Waals surface area contributed by atoms with E-state index in [2.05, 4.69) is 33.1 Å². The molecule has 118 valence electrons. The summed E-state index contributed by atoms with van der Waals surface area (Å²) in [5, 5.41) is 5.33. The zero-order valence-corrected chi connectivity index (χ0v) is 14.1. The molecule has 2 unspecified atom stereocenters. The molecule has 0 aliphatic carbocycles. The zero-order valence-electron chi connectivity index (χ0n) is 12.6. The van der Waals surface area contributed by atoms with E-state index in [0.717, 1.165) is 10.0 Å². The number of urea groups is 1. The summed E-state index contributed by atoms with van der Waals surface area (Å²) in [6.07, 6.45) is 0. The van der Waals surface area contributed by atoms with E-state index in [-0.39, 0.29) is 11.9 Å². The summed E-state index contributed by atoms with van der Waals surface area (Å²) >= 11 is 3.40. The molecular formula is C16H19BrN2O3. The van der Waals surface area contributed by atoms with Crippen molar-refractivity contribution in [3.05, 3.63) is 46.6 Å². The van der Waals surface area contributed by atoms with E-state index < -0.39 is 17.9 Å². The van der Waals surface area contributed by atoms with Crippen LogP contribution in [0.15, 0.2) is 41.0 Å². The largest absolute Gasteiger partial charge is 0.465 e. The number of hydrogen-bond acceptors (Lipinski definition) is 3. The Balaban J connectivity index is 2.27. The predicted octanol–water partition coefficient (Wildman–Crippen LogP) is 3.13. The summed E-state index contributed by atoms with van der Waals surface area (Å²) in [5.74, 6) is -0.811. The highest BCUT2D eigenvalue weighted by molar-refractivity contribution is 9.10. The average molecular weight is 367 g/mol. The molecule has 2 atom stereocenters. The number of esters is 1. The standard InChI is InChI=1S/C16H19BrN2O3/c1-9(2)8-22-15(20)13-10(3)18-16(21)19-14(13)11-5-4-6-12(17)7-11/h4-7,9,13-14H,3,8H2,1-2H3,(H2,18,19,21). The first-order valence-corrected chi connectivity index (χ1v) is 7.86. The highest BCUT2D eigenvalue weighted by Gasteiger charge is 2.38. The molecule has 1 aliphatic heterocycles. The Morgan fingerprint density at radius 3 is 2.82 bits per heavy atom. The number of carbonyl (C=O) groups is 2. The monoisotopic (exact) mass is 366 g/mol. The highest BCUT2D eigenvalue weighted by Crippen LogP contribution is 2.31. The van der Waals surface area contributed by atoms with Gasteiger partial charge in [0.05, 0.1) is 12.6 Å². The van der Waals surface area contributed by atoms with E-state index in [9.17, 15) is 9.59 Å². The van der Waals surface area contributed by atoms with Gasteiger partial charge in [-0.25, -0.2) is 4.79 Å². The van der Waals surface area contributed by atoms with Gasteiger partial charge in [-0.15, -0.1) is 0 Å². The Labute approximate surface area is 138 Å². The third-order valence-corrected chi connectivity index (χ3v) is 3.78. The number of amides is 2. The molecule has 22 heavy (non-hydrogen) atoms. The molecule has 1 saturated heterocycles. The van der Waals surface area contributed by atoms with E-state index in [1.165, 1.54) is 0 Å². The second-order valence-corrected chi connectivity index (χ2v) is 6.57. The lowest BCUT2D eigenvalue weighted by Gasteiger charge is -2.33. The van der Waals surface area contributed by atoms with Crippen LogP contribution in [0.1, 0.15) is 25.5 Å². The van der Waals surface area contributed by atoms with Gasteiger partial charge < -0.3 is 15.4 Å². The molecule has 0 radical (unpaired) electrons. The van der Waals surface area contributed by atoms with Gasteiger partial charge in [0.2, 0.25) is 0 Å². The molecule has 1 fully saturated rings. The minimum absolute atomic E-state index is 0.243. The van der Waals surface area contributed by atoms with Crippen LogP contribution in [-0.4, -0.2) is 18.6 Å². The molecule has 5 nitrogen and oxygen atoms in total. The second-order valence-electron chi connectivity index (χ2n) is 5.66. The van der Waals surface area contributed by atoms with E-state index in [4.69, 9.17) is 4.74 Å². The van der Waals surface area contributed by atoms with E-state index in [0.29, 0.717) is 12.3 Å². The van der Waals surface area contributed by atoms with Crippen LogP contribution in [-0.2, 0) is 9.53 Å². The lowest BCUT2D eigenvalue weighted by Crippen LogP contribution is -2.51. The van der Waals surface area contributed by atoms with Crippen molar-refractivity contribution in [3.63, 3.8) is 0 Å². The third-order valence-electron chi connectivity index (χ3n) is 3.29. The first-order valence-electron chi connectivity index (χ1n) is 7.07. The molecule has 1 aromatic carbocycles. The van der Waals surface area contributed by atoms with E-state index in [1.54, 1.807) is 0 Å². The molecule has 0 saturated carbocycles. The van der Waals surface area contributed by atoms with Crippen molar-refractivity contribution in [3.8, 4) is 0 Å². The Kier molecular flexibility index (Phi) is 5.24. The van der Waals surface area contributed by atoms with Gasteiger partial charge in [-0.3, -0.25) is 4.79 Å². The molecule has 0 aromatic heterocycles. The Morgan fingerprint density at radius 1 is 1.45 bits per heavy atom. The number of benzene rings is 1. The number of rotatable bonds is 4. The highest BCUT2D eigenvalue weighted by atomic mass is 79.9. The molecule has 0 spiro atoms. The smallest absolute Gasteiger partial charge is 0.319 e. The van der Waals surface area contributed by atoms with Gasteiger partial charge in [0.1, 0.15) is 5.92 Å². The maximum absolute atomic E-state index is 12.4. The SMILES string of the molecule is C=C1NC(=O)NC(c2cccc(Br)c2)C1C(=O)OCC(C)C. The van der Waals surface area contributed by atoms with Gasteiger partial charge in [0, 0.05) is 10.2 Å². The second kappa shape index (κ2) is 6.96. The van der Waals surface area contributed by atoms with Crippen LogP contribution in [0.2, 0.25) is 0 Å². The molecule has 2 rings (SSSR count). The number of carbonyl (C=O) groups excluding carboxylic acids is 2. The maximum atomic E-state index is 12.4. The van der Waals surface area contributed by atoms with Crippen LogP contribution in [0, 0.1) is 11.8 Å². The first kappa shape index (κ1) is 16.5. The van der Waals surface area contributed by atoms with Crippen molar-refractivity contribution in [1.82, 2.24) is 10.6 Å². The molecule has 1 aromatic rings. The summed E-state index contributed by atoms with van der Waals surface area (Å²) in [4.78, 5) is 24.1. The average Bonchev–Trinajstić information content (AvgIpc) is 2.44. The molecular weight excluding hydrogens is 348 g/mol. The van der Waals surface area contributed by atoms with E-state index >= 15 is 0 Å². The molecule has 1 heterocycles. The summed E-state index contributed by atoms with van der Waals surface area (Å²) in [6, 6.07) is 6.59. The topological polar surface area (TPSA) is 67.4 Å². The summed E-state index contributed by atoms with van der Waals surface area (Å²) in [5.41, 5.74) is 1.17. The number of halogens is 1. The Morgan fingerprint density at radius 2 is 2.18 bits per heavy atom. The van der Waals surface area contributed by atoms with Crippen molar-refractivity contribution >= 4 is 27.9 Å². The van der Waals surface area contributed by atoms with Crippen molar-refractivity contribution in [2.24, 2.45) is 11.8 Å². The molecule has 2 N–H and O–H groups in total. The normalized spacial score (nSPS) is 21.3. The maximum Gasteiger partial charge on any atom is 0.319 e. The summed E-state index contributed by atoms with van der Waals surface area (Å²) in [6.45, 7) is 8.08. The van der Waals surface area contributed by atoms with Gasteiger partial charge in [-0.05, 0) is 23.6 Å². The van der Waals surface area contributed by atoms with Crippen LogP contribution in [0.25, 0.3) is 0 Å². The number of ether oxygens (including phenoxy) is 1. The van der Waals surface area contributed by atoms with Crippen LogP contribution >= 0.6 is 15.9 Å². The van der Waals surface area contributed by atoms with Crippen LogP contribution in [0.5, 0.6) is 0 Å². The first-order chi connectivity index (χ1) is 10.4. The summed E-state index contributed by atoms with van der Waals surface area (Å²) in [7, 11) is 0. The van der Waals surface area contributed by atoms with Crippen molar-refractivity contribution in [2.75, 3.05) is 6.61 Å². The van der Waals surface area contributed by atoms with Gasteiger partial charge in [-0.2, -0.15) is 0 Å². The van der Waals surface area contributed by atoms with Gasteiger partial charge >= 0.3 is 12.0 Å². The lowest BCUT2D eigenvalue weighted by molar-refractivity contribution is -0.149. The number of nitrogens with one attached hydrogen (secondary N) is 2. The van der Waals surface area contributed by atoms with Crippen molar-refractivity contribution in [1.29, 1.82) is 0 Å². The van der Waals surface area contributed by atoms with Crippen molar-refractivity contribution < 1.29 is 14.3 Å². The van der Waals surface area contributed by atoms with Gasteiger partial charge in [-0.1, -0.05) is 48.5 Å². The minimum Gasteiger partial charge on any atom is -0.465 e. The molecule has 2 amide bonds. The minimum atomic E-state index is -0.661. The third kappa shape index (κ3) is 3.88. The van der Waals surface area contributed by atoms with Gasteiger partial charge in [0.25, 0.3) is 0 Å². The summed E-state index contributed by atoms with van der Waals surface area (Å²) < 4.78 is 6.20. The van der Waals surface area contributed by atoms with Crippen LogP contribution in [0.4, 0.5) is 4.79 Å². The lowest BCUT2D eigenvalue weighted by atomic mass is 9.89. The van der Waals surface area contributed by atoms with Crippen LogP contribution < -0.4 is 10.6 Å². The molecule has 1 aliphatic rings. The number of hydrogen-bond donors (Lipinski definition) is 2. The van der Waals surface area contributed by atoms with Crippen LogP contribution in [0.3, 0.4) is 0 Å². The zero-order chi connectivity index (χ0) is 16.3. The fourth-order valence-electron chi connectivity index (χ4n) is 2.28. The fourth-order valence-corrected chi connectivity index (χ4v) is 2.70. The Hall–Kier alpha value is -1.82. The fraction of sp³-hybridized carbons (Fsp3) is 0.375. The Bertz CT molecular complexity index is 601. The molecule has 0 bridgehead atoms. The van der Waals surface area contributed by atoms with Gasteiger partial charge in [0.15, 0.2) is 0 Å². The van der Waals surface area contributed by atoms with Crippen molar-refractivity contribution in [2.45, 2.75) is 19.9 Å². The van der Waals surface area contributed by atoms with E-state index in [1.807, 2.05) is 38.1 Å². The molecule has 6 heteroatoms.